The van der Waals surface area contributed by atoms with Gasteiger partial charge in [-0.05, 0) is 38.1 Å². The van der Waals surface area contributed by atoms with Crippen LogP contribution in [0.4, 0.5) is 14.5 Å². The van der Waals surface area contributed by atoms with Crippen LogP contribution in [0.25, 0.3) is 11.5 Å². The quantitative estimate of drug-likeness (QED) is 0.675. The maximum Gasteiger partial charge on any atom is 0.190 e. The van der Waals surface area contributed by atoms with Crippen LogP contribution in [-0.4, -0.2) is 4.57 Å². The molecule has 2 heterocycles. The molecule has 6 heteroatoms. The van der Waals surface area contributed by atoms with Crippen LogP contribution in [0.15, 0.2) is 51.4 Å². The minimum Gasteiger partial charge on any atom is -0.463 e. The molecule has 0 fully saturated rings. The summed E-state index contributed by atoms with van der Waals surface area (Å²) in [5.74, 6) is -0.565. The largest absolute Gasteiger partial charge is 0.463 e. The van der Waals surface area contributed by atoms with Crippen LogP contribution >= 0.6 is 11.3 Å². The average molecular weight is 320 g/mol. The molecule has 0 amide bonds. The SMILES string of the molecule is CC(C)n1c(-c2ccco2)csc1=Nc1ccc(F)cc1F. The summed E-state index contributed by atoms with van der Waals surface area (Å²) in [6.45, 7) is 4.03. The molecule has 0 aliphatic carbocycles. The van der Waals surface area contributed by atoms with Gasteiger partial charge in [-0.1, -0.05) is 0 Å². The molecule has 114 valence electrons. The molecule has 1 aromatic carbocycles. The topological polar surface area (TPSA) is 30.4 Å². The van der Waals surface area contributed by atoms with Crippen LogP contribution in [0.3, 0.4) is 0 Å². The molecule has 0 spiro atoms. The van der Waals surface area contributed by atoms with Gasteiger partial charge in [0.15, 0.2) is 16.4 Å². The average Bonchev–Trinajstić information content (AvgIpc) is 3.10. The van der Waals surface area contributed by atoms with E-state index in [0.717, 1.165) is 17.5 Å². The van der Waals surface area contributed by atoms with Gasteiger partial charge in [-0.15, -0.1) is 11.3 Å². The third-order valence-electron chi connectivity index (χ3n) is 3.16. The number of thiazole rings is 1. The van der Waals surface area contributed by atoms with Crippen molar-refractivity contribution in [2.24, 2.45) is 4.99 Å². The van der Waals surface area contributed by atoms with E-state index in [0.29, 0.717) is 4.80 Å². The van der Waals surface area contributed by atoms with E-state index in [1.165, 1.54) is 23.5 Å². The first kappa shape index (κ1) is 14.7. The van der Waals surface area contributed by atoms with Crippen LogP contribution in [0.1, 0.15) is 19.9 Å². The highest BCUT2D eigenvalue weighted by atomic mass is 32.1. The fourth-order valence-electron chi connectivity index (χ4n) is 2.18. The van der Waals surface area contributed by atoms with Gasteiger partial charge in [-0.3, -0.25) is 0 Å². The molecule has 2 aromatic heterocycles. The lowest BCUT2D eigenvalue weighted by Gasteiger charge is -2.11. The summed E-state index contributed by atoms with van der Waals surface area (Å²) < 4.78 is 34.2. The van der Waals surface area contributed by atoms with Crippen molar-refractivity contribution in [1.29, 1.82) is 0 Å². The molecule has 0 radical (unpaired) electrons. The van der Waals surface area contributed by atoms with Gasteiger partial charge in [0.1, 0.15) is 11.5 Å². The van der Waals surface area contributed by atoms with Gasteiger partial charge in [0, 0.05) is 17.5 Å². The Balaban J connectivity index is 2.17. The van der Waals surface area contributed by atoms with Gasteiger partial charge >= 0.3 is 0 Å². The highest BCUT2D eigenvalue weighted by Crippen LogP contribution is 2.24. The zero-order chi connectivity index (χ0) is 15.7. The van der Waals surface area contributed by atoms with Crippen molar-refractivity contribution in [2.75, 3.05) is 0 Å². The maximum atomic E-state index is 13.8. The third kappa shape index (κ3) is 2.74. The van der Waals surface area contributed by atoms with Crippen molar-refractivity contribution in [3.8, 4) is 11.5 Å². The van der Waals surface area contributed by atoms with Crippen LogP contribution < -0.4 is 4.80 Å². The lowest BCUT2D eigenvalue weighted by molar-refractivity contribution is 0.547. The summed E-state index contributed by atoms with van der Waals surface area (Å²) in [5.41, 5.74) is 0.995. The minimum atomic E-state index is -0.678. The molecule has 0 unspecified atom stereocenters. The lowest BCUT2D eigenvalue weighted by atomic mass is 10.3. The van der Waals surface area contributed by atoms with Crippen molar-refractivity contribution in [1.82, 2.24) is 4.57 Å². The molecule has 0 N–H and O–H groups in total. The summed E-state index contributed by atoms with van der Waals surface area (Å²) >= 11 is 1.39. The van der Waals surface area contributed by atoms with Gasteiger partial charge < -0.3 is 8.98 Å². The Morgan fingerprint density at radius 2 is 2.05 bits per heavy atom. The van der Waals surface area contributed by atoms with E-state index in [-0.39, 0.29) is 11.7 Å². The Morgan fingerprint density at radius 1 is 1.23 bits per heavy atom. The maximum absolute atomic E-state index is 13.8. The van der Waals surface area contributed by atoms with Gasteiger partial charge in [-0.2, -0.15) is 0 Å². The molecule has 3 nitrogen and oxygen atoms in total. The summed E-state index contributed by atoms with van der Waals surface area (Å²) in [6, 6.07) is 7.16. The number of halogens is 2. The lowest BCUT2D eigenvalue weighted by Crippen LogP contribution is -2.17. The number of hydrogen-bond donors (Lipinski definition) is 0. The number of benzene rings is 1. The number of aromatic nitrogens is 1. The highest BCUT2D eigenvalue weighted by molar-refractivity contribution is 7.07. The zero-order valence-electron chi connectivity index (χ0n) is 12.1. The number of hydrogen-bond acceptors (Lipinski definition) is 3. The Bertz CT molecular complexity index is 847. The fourth-order valence-corrected chi connectivity index (χ4v) is 3.20. The van der Waals surface area contributed by atoms with Crippen molar-refractivity contribution in [2.45, 2.75) is 19.9 Å². The molecule has 22 heavy (non-hydrogen) atoms. The van der Waals surface area contributed by atoms with Crippen molar-refractivity contribution < 1.29 is 13.2 Å². The standard InChI is InChI=1S/C16H14F2N2OS/c1-10(2)20-14(15-4-3-7-21-15)9-22-16(20)19-13-6-5-11(17)8-12(13)18/h3-10H,1-2H3. The molecular weight excluding hydrogens is 306 g/mol. The third-order valence-corrected chi connectivity index (χ3v) is 4.00. The van der Waals surface area contributed by atoms with E-state index in [1.807, 2.05) is 35.9 Å². The molecule has 0 atom stereocenters. The van der Waals surface area contributed by atoms with Gasteiger partial charge in [0.2, 0.25) is 0 Å². The van der Waals surface area contributed by atoms with Crippen molar-refractivity contribution in [3.05, 3.63) is 58.4 Å². The van der Waals surface area contributed by atoms with E-state index < -0.39 is 11.6 Å². The molecule has 0 saturated heterocycles. The van der Waals surface area contributed by atoms with Crippen LogP contribution in [-0.2, 0) is 0 Å². The predicted molar refractivity (Wildman–Crippen MR) is 82.0 cm³/mol. The van der Waals surface area contributed by atoms with Crippen LogP contribution in [0, 0.1) is 11.6 Å². The van der Waals surface area contributed by atoms with Crippen molar-refractivity contribution >= 4 is 17.0 Å². The molecule has 3 rings (SSSR count). The summed E-state index contributed by atoms with van der Waals surface area (Å²) in [6.07, 6.45) is 1.61. The normalized spacial score (nSPS) is 12.3. The first-order valence-electron chi connectivity index (χ1n) is 6.80. The summed E-state index contributed by atoms with van der Waals surface area (Å²) in [4.78, 5) is 4.96. The first-order chi connectivity index (χ1) is 10.6. The van der Waals surface area contributed by atoms with Crippen molar-refractivity contribution in [3.63, 3.8) is 0 Å². The van der Waals surface area contributed by atoms with Gasteiger partial charge in [0.25, 0.3) is 0 Å². The van der Waals surface area contributed by atoms with E-state index >= 15 is 0 Å². The summed E-state index contributed by atoms with van der Waals surface area (Å²) in [5, 5.41) is 1.92. The first-order valence-corrected chi connectivity index (χ1v) is 7.68. The monoisotopic (exact) mass is 320 g/mol. The highest BCUT2D eigenvalue weighted by Gasteiger charge is 2.13. The van der Waals surface area contributed by atoms with Gasteiger partial charge in [0.05, 0.1) is 12.0 Å². The second kappa shape index (κ2) is 5.88. The number of nitrogens with zero attached hydrogens (tertiary/aromatic N) is 2. The Hall–Kier alpha value is -2.21. The molecule has 0 bridgehead atoms. The fraction of sp³-hybridized carbons (Fsp3) is 0.188. The molecule has 0 saturated carbocycles. The Kier molecular flexibility index (Phi) is 3.94. The second-order valence-electron chi connectivity index (χ2n) is 5.05. The minimum absolute atomic E-state index is 0.114. The van der Waals surface area contributed by atoms with Crippen LogP contribution in [0.5, 0.6) is 0 Å². The predicted octanol–water partition coefficient (Wildman–Crippen LogP) is 4.90. The summed E-state index contributed by atoms with van der Waals surface area (Å²) in [7, 11) is 0. The molecule has 3 aromatic rings. The Morgan fingerprint density at radius 3 is 2.68 bits per heavy atom. The zero-order valence-corrected chi connectivity index (χ0v) is 12.9. The van der Waals surface area contributed by atoms with E-state index in [1.54, 1.807) is 6.26 Å². The second-order valence-corrected chi connectivity index (χ2v) is 5.89. The van der Waals surface area contributed by atoms with E-state index in [4.69, 9.17) is 4.42 Å². The van der Waals surface area contributed by atoms with E-state index in [2.05, 4.69) is 4.99 Å². The molecule has 0 aliphatic rings. The van der Waals surface area contributed by atoms with Crippen LogP contribution in [0.2, 0.25) is 0 Å². The Labute approximate surface area is 130 Å². The molecular formula is C16H14F2N2OS. The van der Waals surface area contributed by atoms with Gasteiger partial charge in [-0.25, -0.2) is 13.8 Å². The van der Waals surface area contributed by atoms with E-state index in [9.17, 15) is 8.78 Å². The smallest absolute Gasteiger partial charge is 0.190 e. The number of rotatable bonds is 3. The number of furan rings is 1. The molecule has 0 aliphatic heterocycles.